The highest BCUT2D eigenvalue weighted by Gasteiger charge is 1.99. The van der Waals surface area contributed by atoms with E-state index >= 15 is 0 Å². The van der Waals surface area contributed by atoms with Crippen molar-refractivity contribution in [3.63, 3.8) is 0 Å². The fourth-order valence-corrected chi connectivity index (χ4v) is 2.75. The van der Waals surface area contributed by atoms with Crippen LogP contribution in [0.1, 0.15) is 24.5 Å². The molecule has 3 heteroatoms. The lowest BCUT2D eigenvalue weighted by atomic mass is 10.2. The maximum absolute atomic E-state index is 13.1. The molecule has 0 aliphatic carbocycles. The summed E-state index contributed by atoms with van der Waals surface area (Å²) in [5.41, 5.74) is 2.32. The van der Waals surface area contributed by atoms with Crippen LogP contribution >= 0.6 is 11.8 Å². The van der Waals surface area contributed by atoms with E-state index in [0.29, 0.717) is 0 Å². The molecular weight excluding hydrogens is 269 g/mol. The summed E-state index contributed by atoms with van der Waals surface area (Å²) in [4.78, 5) is 1.22. The van der Waals surface area contributed by atoms with Crippen molar-refractivity contribution in [2.75, 3.05) is 6.54 Å². The second kappa shape index (κ2) is 8.08. The van der Waals surface area contributed by atoms with Crippen LogP contribution in [0.4, 0.5) is 4.39 Å². The van der Waals surface area contributed by atoms with Gasteiger partial charge in [0, 0.05) is 17.2 Å². The van der Waals surface area contributed by atoms with Crippen LogP contribution in [0.3, 0.4) is 0 Å². The van der Waals surface area contributed by atoms with E-state index in [0.717, 1.165) is 30.8 Å². The largest absolute Gasteiger partial charge is 0.313 e. The summed E-state index contributed by atoms with van der Waals surface area (Å²) < 4.78 is 13.1. The first-order chi connectivity index (χ1) is 9.78. The molecule has 2 aromatic carbocycles. The minimum absolute atomic E-state index is 0.166. The van der Waals surface area contributed by atoms with Gasteiger partial charge in [-0.15, -0.1) is 11.8 Å². The monoisotopic (exact) mass is 289 g/mol. The number of benzene rings is 2. The summed E-state index contributed by atoms with van der Waals surface area (Å²) in [6.07, 6.45) is 1.15. The lowest BCUT2D eigenvalue weighted by Gasteiger charge is -2.06. The molecule has 2 rings (SSSR count). The molecule has 0 spiro atoms. The minimum Gasteiger partial charge on any atom is -0.313 e. The predicted molar refractivity (Wildman–Crippen MR) is 84.4 cm³/mol. The third-order valence-corrected chi connectivity index (χ3v) is 4.06. The summed E-state index contributed by atoms with van der Waals surface area (Å²) >= 11 is 1.73. The van der Waals surface area contributed by atoms with E-state index in [1.807, 2.05) is 6.07 Å². The summed E-state index contributed by atoms with van der Waals surface area (Å²) in [7, 11) is 0. The summed E-state index contributed by atoms with van der Waals surface area (Å²) in [5.74, 6) is 0.631. The molecule has 20 heavy (non-hydrogen) atoms. The van der Waals surface area contributed by atoms with Gasteiger partial charge in [0.05, 0.1) is 0 Å². The Balaban J connectivity index is 1.84. The van der Waals surface area contributed by atoms with Gasteiger partial charge in [0.1, 0.15) is 5.82 Å². The van der Waals surface area contributed by atoms with Gasteiger partial charge in [0.2, 0.25) is 0 Å². The van der Waals surface area contributed by atoms with Gasteiger partial charge >= 0.3 is 0 Å². The van der Waals surface area contributed by atoms with Crippen LogP contribution in [-0.2, 0) is 12.3 Å². The van der Waals surface area contributed by atoms with Gasteiger partial charge < -0.3 is 5.32 Å². The zero-order valence-corrected chi connectivity index (χ0v) is 12.5. The van der Waals surface area contributed by atoms with Crippen LogP contribution in [0, 0.1) is 5.82 Å². The van der Waals surface area contributed by atoms with Crippen molar-refractivity contribution in [2.45, 2.75) is 30.5 Å². The van der Waals surface area contributed by atoms with Crippen molar-refractivity contribution in [1.82, 2.24) is 5.32 Å². The zero-order valence-electron chi connectivity index (χ0n) is 11.7. The van der Waals surface area contributed by atoms with Crippen molar-refractivity contribution in [3.8, 4) is 0 Å². The van der Waals surface area contributed by atoms with E-state index in [2.05, 4.69) is 36.5 Å². The number of nitrogens with one attached hydrogen (secondary N) is 1. The molecule has 0 unspecified atom stereocenters. The molecule has 0 heterocycles. The van der Waals surface area contributed by atoms with Crippen LogP contribution in [-0.4, -0.2) is 6.54 Å². The summed E-state index contributed by atoms with van der Waals surface area (Å²) in [6, 6.07) is 15.3. The van der Waals surface area contributed by atoms with E-state index in [-0.39, 0.29) is 5.82 Å². The standard InChI is InChI=1S/C17H20FNS/c1-2-10-19-12-14-6-8-17(9-7-14)20-13-15-4-3-5-16(18)11-15/h3-9,11,19H,2,10,12-13H2,1H3. The fraction of sp³-hybridized carbons (Fsp3) is 0.294. The summed E-state index contributed by atoms with van der Waals surface area (Å²) in [6.45, 7) is 4.14. The first-order valence-corrected chi connectivity index (χ1v) is 7.93. The Kier molecular flexibility index (Phi) is 6.09. The lowest BCUT2D eigenvalue weighted by molar-refractivity contribution is 0.626. The molecule has 0 aliphatic rings. The Morgan fingerprint density at radius 3 is 2.55 bits per heavy atom. The molecule has 0 aromatic heterocycles. The van der Waals surface area contributed by atoms with Gasteiger partial charge in [0.15, 0.2) is 0 Å². The van der Waals surface area contributed by atoms with Gasteiger partial charge in [-0.2, -0.15) is 0 Å². The number of hydrogen-bond donors (Lipinski definition) is 1. The quantitative estimate of drug-likeness (QED) is 0.590. The Hall–Kier alpha value is -1.32. The zero-order chi connectivity index (χ0) is 14.2. The molecule has 0 saturated heterocycles. The molecule has 0 bridgehead atoms. The molecule has 0 saturated carbocycles. The molecule has 2 aromatic rings. The molecule has 0 fully saturated rings. The molecule has 1 nitrogen and oxygen atoms in total. The number of hydrogen-bond acceptors (Lipinski definition) is 2. The first kappa shape index (κ1) is 15.1. The average molecular weight is 289 g/mol. The Labute approximate surface area is 124 Å². The smallest absolute Gasteiger partial charge is 0.123 e. The topological polar surface area (TPSA) is 12.0 Å². The molecule has 0 aliphatic heterocycles. The highest BCUT2D eigenvalue weighted by atomic mass is 32.2. The molecular formula is C17H20FNS. The van der Waals surface area contributed by atoms with E-state index in [1.165, 1.54) is 16.5 Å². The van der Waals surface area contributed by atoms with Gasteiger partial charge in [-0.3, -0.25) is 0 Å². The number of rotatable bonds is 7. The van der Waals surface area contributed by atoms with Crippen LogP contribution < -0.4 is 5.32 Å². The van der Waals surface area contributed by atoms with Crippen LogP contribution in [0.15, 0.2) is 53.4 Å². The van der Waals surface area contributed by atoms with E-state index in [9.17, 15) is 4.39 Å². The minimum atomic E-state index is -0.166. The first-order valence-electron chi connectivity index (χ1n) is 6.95. The molecule has 106 valence electrons. The van der Waals surface area contributed by atoms with E-state index < -0.39 is 0 Å². The highest BCUT2D eigenvalue weighted by molar-refractivity contribution is 7.98. The Bertz CT molecular complexity index is 525. The van der Waals surface area contributed by atoms with Crippen molar-refractivity contribution >= 4 is 11.8 Å². The number of thioether (sulfide) groups is 1. The molecule has 1 N–H and O–H groups in total. The average Bonchev–Trinajstić information content (AvgIpc) is 2.47. The second-order valence-electron chi connectivity index (χ2n) is 4.74. The maximum atomic E-state index is 13.1. The lowest BCUT2D eigenvalue weighted by Crippen LogP contribution is -2.13. The Morgan fingerprint density at radius 2 is 1.85 bits per heavy atom. The van der Waals surface area contributed by atoms with Gasteiger partial charge in [-0.1, -0.05) is 31.2 Å². The van der Waals surface area contributed by atoms with Crippen molar-refractivity contribution in [2.24, 2.45) is 0 Å². The predicted octanol–water partition coefficient (Wildman–Crippen LogP) is 4.62. The molecule has 0 atom stereocenters. The van der Waals surface area contributed by atoms with E-state index in [1.54, 1.807) is 23.9 Å². The van der Waals surface area contributed by atoms with Crippen molar-refractivity contribution in [1.29, 1.82) is 0 Å². The SMILES string of the molecule is CCCNCc1ccc(SCc2cccc(F)c2)cc1. The normalized spacial score (nSPS) is 10.7. The second-order valence-corrected chi connectivity index (χ2v) is 5.79. The van der Waals surface area contributed by atoms with Gasteiger partial charge in [-0.25, -0.2) is 4.39 Å². The van der Waals surface area contributed by atoms with E-state index in [4.69, 9.17) is 0 Å². The number of halogens is 1. The van der Waals surface area contributed by atoms with Crippen LogP contribution in [0.5, 0.6) is 0 Å². The van der Waals surface area contributed by atoms with Gasteiger partial charge in [-0.05, 0) is 48.4 Å². The molecule has 0 radical (unpaired) electrons. The van der Waals surface area contributed by atoms with Crippen LogP contribution in [0.2, 0.25) is 0 Å². The fourth-order valence-electron chi connectivity index (χ4n) is 1.91. The van der Waals surface area contributed by atoms with Crippen molar-refractivity contribution in [3.05, 3.63) is 65.5 Å². The maximum Gasteiger partial charge on any atom is 0.123 e. The summed E-state index contributed by atoms with van der Waals surface area (Å²) in [5, 5.41) is 3.39. The Morgan fingerprint density at radius 1 is 1.05 bits per heavy atom. The third kappa shape index (κ3) is 4.99. The van der Waals surface area contributed by atoms with Crippen molar-refractivity contribution < 1.29 is 4.39 Å². The molecule has 0 amide bonds. The highest BCUT2D eigenvalue weighted by Crippen LogP contribution is 2.23. The van der Waals surface area contributed by atoms with Crippen LogP contribution in [0.25, 0.3) is 0 Å². The third-order valence-electron chi connectivity index (χ3n) is 2.97. The van der Waals surface area contributed by atoms with Gasteiger partial charge in [0.25, 0.3) is 0 Å².